The summed E-state index contributed by atoms with van der Waals surface area (Å²) in [5.41, 5.74) is 4.04. The van der Waals surface area contributed by atoms with Gasteiger partial charge in [-0.25, -0.2) is 0 Å². The topological polar surface area (TPSA) is 29.9 Å². The first-order chi connectivity index (χ1) is 9.04. The van der Waals surface area contributed by atoms with Crippen LogP contribution in [-0.2, 0) is 6.42 Å². The highest BCUT2D eigenvalue weighted by Crippen LogP contribution is 2.23. The molecule has 1 aromatic rings. The molecule has 0 saturated heterocycles. The maximum Gasteiger partial charge on any atom is 0.0628 e. The number of nitrogens with zero attached hydrogens (tertiary/aromatic N) is 2. The highest BCUT2D eigenvalue weighted by Gasteiger charge is 2.17. The van der Waals surface area contributed by atoms with Crippen LogP contribution in [0, 0.1) is 19.8 Å². The molecule has 19 heavy (non-hydrogen) atoms. The molecule has 0 aliphatic rings. The number of hydrogen-bond acceptors (Lipinski definition) is 2. The van der Waals surface area contributed by atoms with Crippen LogP contribution < -0.4 is 5.32 Å². The number of hydrogen-bond donors (Lipinski definition) is 1. The van der Waals surface area contributed by atoms with Crippen LogP contribution in [0.25, 0.3) is 0 Å². The second-order valence-electron chi connectivity index (χ2n) is 5.68. The average Bonchev–Trinajstić information content (AvgIpc) is 2.66. The normalized spacial score (nSPS) is 13.2. The Morgan fingerprint density at radius 2 is 1.79 bits per heavy atom. The van der Waals surface area contributed by atoms with Crippen LogP contribution >= 0.6 is 0 Å². The molecule has 0 spiro atoms. The standard InChI is InChI=1S/C16H31N3/c1-7-15(8-2)19-14(6)16(13(5)18-19)10-12(4)11-17-9-3/h12,15,17H,7-11H2,1-6H3. The first-order valence-electron chi connectivity index (χ1n) is 7.80. The van der Waals surface area contributed by atoms with Gasteiger partial charge in [0.1, 0.15) is 0 Å². The van der Waals surface area contributed by atoms with Crippen LogP contribution in [0.3, 0.4) is 0 Å². The highest BCUT2D eigenvalue weighted by molar-refractivity contribution is 5.25. The van der Waals surface area contributed by atoms with E-state index in [4.69, 9.17) is 5.10 Å². The molecule has 1 aromatic heterocycles. The highest BCUT2D eigenvalue weighted by atomic mass is 15.3. The molecule has 0 aliphatic heterocycles. The second-order valence-corrected chi connectivity index (χ2v) is 5.68. The van der Waals surface area contributed by atoms with Crippen molar-refractivity contribution in [3.05, 3.63) is 17.0 Å². The minimum Gasteiger partial charge on any atom is -0.317 e. The van der Waals surface area contributed by atoms with E-state index in [9.17, 15) is 0 Å². The number of aryl methyl sites for hydroxylation is 1. The number of rotatable bonds is 8. The van der Waals surface area contributed by atoms with Crippen LogP contribution in [0.2, 0.25) is 0 Å². The van der Waals surface area contributed by atoms with Crippen molar-refractivity contribution in [2.75, 3.05) is 13.1 Å². The summed E-state index contributed by atoms with van der Waals surface area (Å²) in [6, 6.07) is 0.552. The zero-order chi connectivity index (χ0) is 14.4. The van der Waals surface area contributed by atoms with Crippen molar-refractivity contribution >= 4 is 0 Å². The molecule has 1 heterocycles. The molecule has 3 nitrogen and oxygen atoms in total. The van der Waals surface area contributed by atoms with Gasteiger partial charge in [-0.2, -0.15) is 5.10 Å². The Kier molecular flexibility index (Phi) is 6.56. The third-order valence-electron chi connectivity index (χ3n) is 4.06. The summed E-state index contributed by atoms with van der Waals surface area (Å²) in [6.07, 6.45) is 3.44. The van der Waals surface area contributed by atoms with Crippen LogP contribution in [0.4, 0.5) is 0 Å². The molecule has 110 valence electrons. The van der Waals surface area contributed by atoms with Gasteiger partial charge < -0.3 is 5.32 Å². The van der Waals surface area contributed by atoms with Gasteiger partial charge in [0, 0.05) is 5.69 Å². The molecule has 1 N–H and O–H groups in total. The zero-order valence-electron chi connectivity index (χ0n) is 13.6. The van der Waals surface area contributed by atoms with Gasteiger partial charge in [-0.05, 0) is 57.7 Å². The number of aromatic nitrogens is 2. The Hall–Kier alpha value is -0.830. The van der Waals surface area contributed by atoms with Gasteiger partial charge in [0.25, 0.3) is 0 Å². The van der Waals surface area contributed by atoms with Crippen molar-refractivity contribution in [1.82, 2.24) is 15.1 Å². The molecule has 0 saturated carbocycles. The monoisotopic (exact) mass is 265 g/mol. The lowest BCUT2D eigenvalue weighted by Gasteiger charge is -2.16. The molecule has 0 bridgehead atoms. The third-order valence-corrected chi connectivity index (χ3v) is 4.06. The Bertz CT molecular complexity index is 378. The summed E-state index contributed by atoms with van der Waals surface area (Å²) in [5, 5.41) is 8.21. The van der Waals surface area contributed by atoms with Gasteiger partial charge in [-0.15, -0.1) is 0 Å². The summed E-state index contributed by atoms with van der Waals surface area (Å²) in [4.78, 5) is 0. The minimum atomic E-state index is 0.552. The fraction of sp³-hybridized carbons (Fsp3) is 0.812. The van der Waals surface area contributed by atoms with Crippen LogP contribution in [-0.4, -0.2) is 22.9 Å². The average molecular weight is 265 g/mol. The maximum absolute atomic E-state index is 4.78. The van der Waals surface area contributed by atoms with Gasteiger partial charge in [0.05, 0.1) is 11.7 Å². The van der Waals surface area contributed by atoms with E-state index in [0.29, 0.717) is 12.0 Å². The fourth-order valence-corrected chi connectivity index (χ4v) is 2.79. The summed E-state index contributed by atoms with van der Waals surface area (Å²) in [7, 11) is 0. The Labute approximate surface area is 118 Å². The van der Waals surface area contributed by atoms with E-state index in [1.54, 1.807) is 0 Å². The molecule has 0 fully saturated rings. The van der Waals surface area contributed by atoms with Gasteiger partial charge in [0.15, 0.2) is 0 Å². The largest absolute Gasteiger partial charge is 0.317 e. The Morgan fingerprint density at radius 1 is 1.16 bits per heavy atom. The number of nitrogens with one attached hydrogen (secondary N) is 1. The Balaban J connectivity index is 2.84. The maximum atomic E-state index is 4.78. The Morgan fingerprint density at radius 3 is 2.32 bits per heavy atom. The zero-order valence-corrected chi connectivity index (χ0v) is 13.6. The van der Waals surface area contributed by atoms with E-state index >= 15 is 0 Å². The molecular formula is C16H31N3. The molecule has 0 amide bonds. The van der Waals surface area contributed by atoms with E-state index in [0.717, 1.165) is 32.4 Å². The minimum absolute atomic E-state index is 0.552. The predicted molar refractivity (Wildman–Crippen MR) is 82.7 cm³/mol. The lowest BCUT2D eigenvalue weighted by atomic mass is 9.99. The fourth-order valence-electron chi connectivity index (χ4n) is 2.79. The smallest absolute Gasteiger partial charge is 0.0628 e. The predicted octanol–water partition coefficient (Wildman–Crippen LogP) is 3.65. The van der Waals surface area contributed by atoms with Crippen molar-refractivity contribution in [3.8, 4) is 0 Å². The van der Waals surface area contributed by atoms with Crippen molar-refractivity contribution < 1.29 is 0 Å². The van der Waals surface area contributed by atoms with Gasteiger partial charge in [0.2, 0.25) is 0 Å². The molecule has 1 unspecified atom stereocenters. The summed E-state index contributed by atoms with van der Waals surface area (Å²) in [5.74, 6) is 0.664. The lowest BCUT2D eigenvalue weighted by Crippen LogP contribution is -2.22. The van der Waals surface area contributed by atoms with Crippen molar-refractivity contribution in [2.24, 2.45) is 5.92 Å². The van der Waals surface area contributed by atoms with Gasteiger partial charge in [-0.1, -0.05) is 27.7 Å². The third kappa shape index (κ3) is 4.07. The molecular weight excluding hydrogens is 234 g/mol. The van der Waals surface area contributed by atoms with Crippen LogP contribution in [0.5, 0.6) is 0 Å². The quantitative estimate of drug-likeness (QED) is 0.777. The van der Waals surface area contributed by atoms with Crippen LogP contribution in [0.1, 0.15) is 63.5 Å². The summed E-state index contributed by atoms with van der Waals surface area (Å²) in [6.45, 7) is 15.5. The lowest BCUT2D eigenvalue weighted by molar-refractivity contribution is 0.417. The van der Waals surface area contributed by atoms with Gasteiger partial charge >= 0.3 is 0 Å². The second kappa shape index (κ2) is 7.68. The van der Waals surface area contributed by atoms with Crippen molar-refractivity contribution in [2.45, 2.75) is 66.8 Å². The first-order valence-corrected chi connectivity index (χ1v) is 7.80. The molecule has 0 aliphatic carbocycles. The summed E-state index contributed by atoms with van der Waals surface area (Å²) >= 11 is 0. The van der Waals surface area contributed by atoms with E-state index < -0.39 is 0 Å². The van der Waals surface area contributed by atoms with Crippen LogP contribution in [0.15, 0.2) is 0 Å². The first kappa shape index (κ1) is 16.2. The molecule has 3 heteroatoms. The molecule has 1 rings (SSSR count). The summed E-state index contributed by atoms with van der Waals surface area (Å²) < 4.78 is 2.25. The molecule has 0 aromatic carbocycles. The van der Waals surface area contributed by atoms with E-state index in [1.807, 2.05) is 0 Å². The van der Waals surface area contributed by atoms with Crippen molar-refractivity contribution in [1.29, 1.82) is 0 Å². The van der Waals surface area contributed by atoms with Crippen molar-refractivity contribution in [3.63, 3.8) is 0 Å². The SMILES string of the molecule is CCNCC(C)Cc1c(C)nn(C(CC)CC)c1C. The molecule has 0 radical (unpaired) electrons. The van der Waals surface area contributed by atoms with Gasteiger partial charge in [-0.3, -0.25) is 4.68 Å². The van der Waals surface area contributed by atoms with E-state index in [2.05, 4.69) is 51.5 Å². The van der Waals surface area contributed by atoms with E-state index in [-0.39, 0.29) is 0 Å². The molecule has 1 atom stereocenters. The van der Waals surface area contributed by atoms with E-state index in [1.165, 1.54) is 17.0 Å².